The van der Waals surface area contributed by atoms with Crippen LogP contribution < -0.4 is 3.71 Å². The monoisotopic (exact) mass is 439 g/mol. The Morgan fingerprint density at radius 3 is 2.11 bits per heavy atom. The Labute approximate surface area is 170 Å². The van der Waals surface area contributed by atoms with Crippen molar-refractivity contribution < 1.29 is 21.6 Å². The van der Waals surface area contributed by atoms with Crippen molar-refractivity contribution in [1.29, 1.82) is 0 Å². The van der Waals surface area contributed by atoms with Gasteiger partial charge >= 0.3 is 0 Å². The van der Waals surface area contributed by atoms with Gasteiger partial charge in [-0.05, 0) is 48.2 Å². The third-order valence-corrected chi connectivity index (χ3v) is 8.74. The quantitative estimate of drug-likeness (QED) is 0.686. The molecule has 0 radical (unpaired) electrons. The van der Waals surface area contributed by atoms with E-state index in [1.165, 1.54) is 17.8 Å². The zero-order chi connectivity index (χ0) is 20.7. The van der Waals surface area contributed by atoms with Crippen LogP contribution in [-0.2, 0) is 32.9 Å². The molecule has 0 unspecified atom stereocenters. The molecule has 2 aromatic rings. The lowest BCUT2D eigenvalue weighted by Crippen LogP contribution is -2.35. The summed E-state index contributed by atoms with van der Waals surface area (Å²) in [6, 6.07) is 10.9. The SMILES string of the molecule is CCc1ccc(Sc2cc3c(cc2N(S(C)(=O)=O)S(C)(=O)=O)CCC3=O)cc1. The summed E-state index contributed by atoms with van der Waals surface area (Å²) >= 11 is 1.24. The van der Waals surface area contributed by atoms with Crippen LogP contribution >= 0.6 is 11.8 Å². The first-order chi connectivity index (χ1) is 13.0. The van der Waals surface area contributed by atoms with Crippen LogP contribution in [-0.4, -0.2) is 35.1 Å². The predicted octanol–water partition coefficient (Wildman–Crippen LogP) is 3.25. The van der Waals surface area contributed by atoms with Crippen LogP contribution in [0, 0.1) is 0 Å². The molecule has 3 rings (SSSR count). The molecule has 28 heavy (non-hydrogen) atoms. The summed E-state index contributed by atoms with van der Waals surface area (Å²) in [5.74, 6) is -0.0185. The van der Waals surface area contributed by atoms with E-state index in [2.05, 4.69) is 0 Å². The van der Waals surface area contributed by atoms with E-state index in [1.807, 2.05) is 31.2 Å². The number of anilines is 1. The Hall–Kier alpha value is -1.84. The van der Waals surface area contributed by atoms with Crippen LogP contribution in [0.1, 0.15) is 34.8 Å². The first-order valence-electron chi connectivity index (χ1n) is 8.68. The fraction of sp³-hybridized carbons (Fsp3) is 0.316. The van der Waals surface area contributed by atoms with Gasteiger partial charge in [-0.1, -0.05) is 30.8 Å². The molecular weight excluding hydrogens is 418 g/mol. The maximum absolute atomic E-state index is 12.3. The van der Waals surface area contributed by atoms with E-state index >= 15 is 0 Å². The van der Waals surface area contributed by atoms with Crippen molar-refractivity contribution in [2.75, 3.05) is 16.2 Å². The highest BCUT2D eigenvalue weighted by Gasteiger charge is 2.32. The van der Waals surface area contributed by atoms with E-state index in [1.54, 1.807) is 6.07 Å². The molecule has 0 spiro atoms. The Balaban J connectivity index is 2.19. The van der Waals surface area contributed by atoms with Crippen molar-refractivity contribution in [3.8, 4) is 0 Å². The third kappa shape index (κ3) is 4.26. The molecule has 0 aromatic heterocycles. The summed E-state index contributed by atoms with van der Waals surface area (Å²) in [5, 5.41) is 0. The number of ketones is 1. The van der Waals surface area contributed by atoms with E-state index in [-0.39, 0.29) is 11.5 Å². The third-order valence-electron chi connectivity index (χ3n) is 4.47. The Morgan fingerprint density at radius 1 is 0.964 bits per heavy atom. The number of carbonyl (C=O) groups is 1. The molecule has 150 valence electrons. The average Bonchev–Trinajstić information content (AvgIpc) is 2.93. The van der Waals surface area contributed by atoms with Crippen LogP contribution in [0.25, 0.3) is 0 Å². The normalized spacial score (nSPS) is 14.2. The summed E-state index contributed by atoms with van der Waals surface area (Å²) in [6.45, 7) is 2.04. The molecule has 0 atom stereocenters. The van der Waals surface area contributed by atoms with Gasteiger partial charge < -0.3 is 0 Å². The van der Waals surface area contributed by atoms with E-state index < -0.39 is 20.0 Å². The average molecular weight is 440 g/mol. The molecule has 0 amide bonds. The highest BCUT2D eigenvalue weighted by Crippen LogP contribution is 2.41. The van der Waals surface area contributed by atoms with Crippen LogP contribution in [0.4, 0.5) is 5.69 Å². The van der Waals surface area contributed by atoms with Gasteiger partial charge in [0.25, 0.3) is 0 Å². The molecule has 9 heteroatoms. The van der Waals surface area contributed by atoms with E-state index in [0.29, 0.717) is 32.6 Å². The minimum atomic E-state index is -4.08. The number of nitrogens with zero attached hydrogens (tertiary/aromatic N) is 1. The Kier molecular flexibility index (Phi) is 5.62. The Morgan fingerprint density at radius 2 is 1.57 bits per heavy atom. The van der Waals surface area contributed by atoms with Crippen molar-refractivity contribution in [3.05, 3.63) is 53.1 Å². The van der Waals surface area contributed by atoms with Gasteiger partial charge in [0.05, 0.1) is 18.2 Å². The van der Waals surface area contributed by atoms with Crippen molar-refractivity contribution in [3.63, 3.8) is 0 Å². The molecule has 0 saturated carbocycles. The summed E-state index contributed by atoms with van der Waals surface area (Å²) in [7, 11) is -8.17. The van der Waals surface area contributed by atoms with Crippen molar-refractivity contribution >= 4 is 43.3 Å². The van der Waals surface area contributed by atoms with E-state index in [0.717, 1.165) is 29.4 Å². The number of hydrogen-bond acceptors (Lipinski definition) is 6. The summed E-state index contributed by atoms with van der Waals surface area (Å²) < 4.78 is 49.7. The molecule has 1 aliphatic rings. The molecule has 0 fully saturated rings. The topological polar surface area (TPSA) is 88.6 Å². The van der Waals surface area contributed by atoms with Gasteiger partial charge in [0.2, 0.25) is 20.0 Å². The maximum Gasteiger partial charge on any atom is 0.245 e. The smallest absolute Gasteiger partial charge is 0.245 e. The molecule has 0 N–H and O–H groups in total. The molecule has 2 aromatic carbocycles. The van der Waals surface area contributed by atoms with Gasteiger partial charge in [-0.25, -0.2) is 16.8 Å². The zero-order valence-corrected chi connectivity index (χ0v) is 18.2. The molecule has 0 bridgehead atoms. The second-order valence-corrected chi connectivity index (χ2v) is 11.7. The summed E-state index contributed by atoms with van der Waals surface area (Å²) in [4.78, 5) is 13.4. The molecule has 1 aliphatic carbocycles. The van der Waals surface area contributed by atoms with Gasteiger partial charge in [0.1, 0.15) is 0 Å². The number of fused-ring (bicyclic) bond motifs is 1. The van der Waals surface area contributed by atoms with E-state index in [9.17, 15) is 21.6 Å². The second-order valence-electron chi connectivity index (χ2n) is 6.72. The van der Waals surface area contributed by atoms with Crippen molar-refractivity contribution in [2.45, 2.75) is 36.0 Å². The van der Waals surface area contributed by atoms with Crippen LogP contribution in [0.15, 0.2) is 46.2 Å². The molecule has 0 heterocycles. The van der Waals surface area contributed by atoms with E-state index in [4.69, 9.17) is 0 Å². The van der Waals surface area contributed by atoms with Crippen LogP contribution in [0.3, 0.4) is 0 Å². The first-order valence-corrected chi connectivity index (χ1v) is 13.2. The van der Waals surface area contributed by atoms with Crippen LogP contribution in [0.2, 0.25) is 0 Å². The number of sulfonamides is 2. The highest BCUT2D eigenvalue weighted by molar-refractivity contribution is 8.09. The maximum atomic E-state index is 12.3. The van der Waals surface area contributed by atoms with Gasteiger partial charge in [-0.2, -0.15) is 3.71 Å². The van der Waals surface area contributed by atoms with Gasteiger partial charge in [-0.15, -0.1) is 0 Å². The van der Waals surface area contributed by atoms with Crippen LogP contribution in [0.5, 0.6) is 0 Å². The fourth-order valence-electron chi connectivity index (χ4n) is 3.21. The molecule has 6 nitrogen and oxygen atoms in total. The molecule has 0 saturated heterocycles. The lowest BCUT2D eigenvalue weighted by Gasteiger charge is -2.23. The number of rotatable bonds is 6. The lowest BCUT2D eigenvalue weighted by molar-refractivity contribution is 0.0994. The number of aryl methyl sites for hydroxylation is 2. The minimum absolute atomic E-state index is 0.0185. The zero-order valence-electron chi connectivity index (χ0n) is 15.8. The predicted molar refractivity (Wildman–Crippen MR) is 111 cm³/mol. The van der Waals surface area contributed by atoms with Gasteiger partial charge in [0, 0.05) is 21.8 Å². The summed E-state index contributed by atoms with van der Waals surface area (Å²) in [6.07, 6.45) is 3.41. The van der Waals surface area contributed by atoms with Gasteiger partial charge in [-0.3, -0.25) is 4.79 Å². The number of Topliss-reactive ketones (excluding diaryl/α,β-unsaturated/α-hetero) is 1. The van der Waals surface area contributed by atoms with Crippen molar-refractivity contribution in [2.24, 2.45) is 0 Å². The van der Waals surface area contributed by atoms with Crippen molar-refractivity contribution in [1.82, 2.24) is 0 Å². The first kappa shape index (κ1) is 20.9. The number of carbonyl (C=O) groups excluding carboxylic acids is 1. The number of benzene rings is 2. The fourth-order valence-corrected chi connectivity index (χ4v) is 7.27. The summed E-state index contributed by atoms with van der Waals surface area (Å²) in [5.41, 5.74) is 2.41. The largest absolute Gasteiger partial charge is 0.294 e. The molecule has 0 aliphatic heterocycles. The minimum Gasteiger partial charge on any atom is -0.294 e. The Bertz CT molecular complexity index is 1100. The second kappa shape index (κ2) is 7.53. The number of hydrogen-bond donors (Lipinski definition) is 0. The standard InChI is InChI=1S/C19H21NO5S3/c1-4-13-5-8-15(9-6-13)26-19-12-16-14(7-10-18(16)21)11-17(19)20(27(2,22)23)28(3,24)25/h5-6,8-9,11-12H,4,7,10H2,1-3H3. The lowest BCUT2D eigenvalue weighted by atomic mass is 10.1. The molecular formula is C19H21NO5S3. The highest BCUT2D eigenvalue weighted by atomic mass is 32.3. The van der Waals surface area contributed by atoms with Gasteiger partial charge in [0.15, 0.2) is 5.78 Å².